The number of ether oxygens (including phenoxy) is 6. The number of carbonyl (C=O) groups is 1. The Kier molecular flexibility index (Phi) is 62.2. The SMILES string of the molecule is CCCCCCCCCC/C=C\CCCCCCCCCCCCCCCCCCCCCCCCCC(=O)NC(COC1OC(CO)C(OC2OC(CO)C(OC3OC(CO)C(O)C(O)C3O)C(O)C2O)C(O)C1O)C(O)/C=C/CC/C=C/CC/C=C/CCCCCCCCCCCCCCCCCC. The van der Waals surface area contributed by atoms with E-state index in [1.807, 2.05) is 6.08 Å². The molecular weight excluding hydrogens is 1350 g/mol. The van der Waals surface area contributed by atoms with Crippen LogP contribution in [-0.4, -0.2) is 193 Å². The van der Waals surface area contributed by atoms with Crippen molar-refractivity contribution in [3.8, 4) is 0 Å². The van der Waals surface area contributed by atoms with E-state index in [-0.39, 0.29) is 18.9 Å². The summed E-state index contributed by atoms with van der Waals surface area (Å²) in [4.78, 5) is 13.5. The van der Waals surface area contributed by atoms with Crippen molar-refractivity contribution in [3.05, 3.63) is 48.6 Å². The van der Waals surface area contributed by atoms with Gasteiger partial charge in [0.05, 0.1) is 38.6 Å². The van der Waals surface area contributed by atoms with Gasteiger partial charge in [-0.3, -0.25) is 4.79 Å². The molecule has 0 aromatic carbocycles. The van der Waals surface area contributed by atoms with Gasteiger partial charge in [0.25, 0.3) is 0 Å². The first kappa shape index (κ1) is 97.9. The number of hydrogen-bond donors (Lipinski definition) is 12. The molecule has 3 fully saturated rings. The van der Waals surface area contributed by atoms with Crippen LogP contribution in [0.1, 0.15) is 367 Å². The van der Waals surface area contributed by atoms with Crippen molar-refractivity contribution in [1.29, 1.82) is 0 Å². The first-order valence-electron chi connectivity index (χ1n) is 43.9. The maximum atomic E-state index is 13.5. The molecule has 0 bridgehead atoms. The first-order chi connectivity index (χ1) is 51.8. The lowest BCUT2D eigenvalue weighted by atomic mass is 9.96. The van der Waals surface area contributed by atoms with Gasteiger partial charge in [0.2, 0.25) is 5.91 Å². The van der Waals surface area contributed by atoms with Gasteiger partial charge in [0.1, 0.15) is 73.2 Å². The van der Waals surface area contributed by atoms with E-state index >= 15 is 0 Å². The van der Waals surface area contributed by atoms with Gasteiger partial charge >= 0.3 is 0 Å². The minimum atomic E-state index is -1.98. The van der Waals surface area contributed by atoms with Gasteiger partial charge in [-0.1, -0.05) is 339 Å². The third kappa shape index (κ3) is 46.1. The molecule has 3 saturated heterocycles. The number of aliphatic hydroxyl groups excluding tert-OH is 11. The van der Waals surface area contributed by atoms with E-state index < -0.39 is 124 Å². The van der Waals surface area contributed by atoms with E-state index in [1.165, 1.54) is 289 Å². The molecular formula is C87H161NO18. The maximum absolute atomic E-state index is 13.5. The zero-order chi connectivity index (χ0) is 76.7. The number of nitrogens with one attached hydrogen (secondary N) is 1. The largest absolute Gasteiger partial charge is 0.394 e. The van der Waals surface area contributed by atoms with Crippen LogP contribution in [0.15, 0.2) is 48.6 Å². The van der Waals surface area contributed by atoms with Gasteiger partial charge in [-0.15, -0.1) is 0 Å². The average molecular weight is 1510 g/mol. The third-order valence-corrected chi connectivity index (χ3v) is 21.8. The van der Waals surface area contributed by atoms with Crippen molar-refractivity contribution in [2.75, 3.05) is 26.4 Å². The normalized spacial score (nSPS) is 25.8. The summed E-state index contributed by atoms with van der Waals surface area (Å²) < 4.78 is 34.5. The number of hydrogen-bond acceptors (Lipinski definition) is 18. The summed E-state index contributed by atoms with van der Waals surface area (Å²) >= 11 is 0. The number of unbranched alkanes of at least 4 members (excludes halogenated alkanes) is 49. The second kappa shape index (κ2) is 67.3. The van der Waals surface area contributed by atoms with Gasteiger partial charge in [-0.25, -0.2) is 0 Å². The van der Waals surface area contributed by atoms with Crippen molar-refractivity contribution in [1.82, 2.24) is 5.32 Å². The van der Waals surface area contributed by atoms with E-state index in [0.29, 0.717) is 12.8 Å². The van der Waals surface area contributed by atoms with Crippen molar-refractivity contribution < 1.29 is 89.4 Å². The highest BCUT2D eigenvalue weighted by molar-refractivity contribution is 5.76. The number of aliphatic hydroxyl groups is 11. The lowest BCUT2D eigenvalue weighted by Gasteiger charge is -2.48. The van der Waals surface area contributed by atoms with Crippen LogP contribution >= 0.6 is 0 Å². The molecule has 0 aromatic rings. The molecule has 3 aliphatic heterocycles. The quantitative estimate of drug-likeness (QED) is 0.0199. The first-order valence-corrected chi connectivity index (χ1v) is 43.9. The Morgan fingerprint density at radius 1 is 0.330 bits per heavy atom. The highest BCUT2D eigenvalue weighted by Gasteiger charge is 2.54. The Balaban J connectivity index is 1.34. The van der Waals surface area contributed by atoms with Crippen LogP contribution in [0.5, 0.6) is 0 Å². The van der Waals surface area contributed by atoms with E-state index in [0.717, 1.165) is 44.9 Å². The standard InChI is InChI=1S/C87H161NO18/c1-3-5-7-9-11-13-15-17-19-21-23-25-27-29-31-32-33-34-35-36-37-38-39-41-43-45-47-49-51-53-55-57-59-61-63-65-75(93)88-70(71(92)64-62-60-58-56-54-52-50-48-46-44-42-40-30-28-26-24-22-20-18-16-14-12-10-8-6-4-2)69-101-85-81(99)78(96)83(73(67-90)103-85)106-87-82(100)79(97)84(74(68-91)104-87)105-86-80(98)77(95)76(94)72(66-89)102-86/h21,23,46,48,54,56,62,64,70-74,76-87,89-92,94-100H,3-20,22,24-45,47,49-53,55,57-61,63,65-69H2,1-2H3,(H,88,93)/b23-21-,48-46+,56-54+,64-62+. The Bertz CT molecular complexity index is 2100. The van der Waals surface area contributed by atoms with Crippen molar-refractivity contribution in [2.24, 2.45) is 0 Å². The van der Waals surface area contributed by atoms with Crippen molar-refractivity contribution in [3.63, 3.8) is 0 Å². The Hall–Kier alpha value is -2.25. The Morgan fingerprint density at radius 2 is 0.604 bits per heavy atom. The molecule has 3 heterocycles. The predicted molar refractivity (Wildman–Crippen MR) is 425 cm³/mol. The molecule has 0 aliphatic carbocycles. The second-order valence-corrected chi connectivity index (χ2v) is 31.3. The molecule has 1 amide bonds. The molecule has 3 rings (SSSR count). The minimum Gasteiger partial charge on any atom is -0.394 e. The summed E-state index contributed by atoms with van der Waals surface area (Å²) in [5.74, 6) is -0.283. The lowest BCUT2D eigenvalue weighted by Crippen LogP contribution is -2.66. The molecule has 622 valence electrons. The number of allylic oxidation sites excluding steroid dienone is 7. The van der Waals surface area contributed by atoms with Gasteiger partial charge in [0.15, 0.2) is 18.9 Å². The maximum Gasteiger partial charge on any atom is 0.220 e. The van der Waals surface area contributed by atoms with Crippen LogP contribution in [0.4, 0.5) is 0 Å². The molecule has 19 heteroatoms. The number of carbonyl (C=O) groups excluding carboxylic acids is 1. The van der Waals surface area contributed by atoms with E-state index in [9.17, 15) is 61.0 Å². The topological polar surface area (TPSA) is 307 Å². The van der Waals surface area contributed by atoms with Crippen molar-refractivity contribution >= 4 is 5.91 Å². The zero-order valence-electron chi connectivity index (χ0n) is 66.9. The molecule has 0 radical (unpaired) electrons. The van der Waals surface area contributed by atoms with E-state index in [1.54, 1.807) is 6.08 Å². The molecule has 3 aliphatic rings. The molecule has 12 N–H and O–H groups in total. The molecule has 17 atom stereocenters. The van der Waals surface area contributed by atoms with Gasteiger partial charge in [0, 0.05) is 6.42 Å². The minimum absolute atomic E-state index is 0.235. The smallest absolute Gasteiger partial charge is 0.220 e. The summed E-state index contributed by atoms with van der Waals surface area (Å²) in [6.07, 6.45) is 59.8. The molecule has 0 aromatic heterocycles. The van der Waals surface area contributed by atoms with Crippen molar-refractivity contribution in [2.45, 2.75) is 471 Å². The molecule has 0 spiro atoms. The zero-order valence-corrected chi connectivity index (χ0v) is 66.9. The molecule has 17 unspecified atom stereocenters. The van der Waals surface area contributed by atoms with Crippen LogP contribution < -0.4 is 5.32 Å². The monoisotopic (exact) mass is 1510 g/mol. The molecule has 19 nitrogen and oxygen atoms in total. The van der Waals surface area contributed by atoms with Crippen LogP contribution in [0.3, 0.4) is 0 Å². The summed E-state index contributed by atoms with van der Waals surface area (Å²) in [5, 5.41) is 121. The van der Waals surface area contributed by atoms with E-state index in [2.05, 4.69) is 55.6 Å². The number of rotatable bonds is 71. The summed E-state index contributed by atoms with van der Waals surface area (Å²) in [7, 11) is 0. The lowest BCUT2D eigenvalue weighted by molar-refractivity contribution is -0.379. The van der Waals surface area contributed by atoms with Crippen LogP contribution in [0.2, 0.25) is 0 Å². The van der Waals surface area contributed by atoms with Gasteiger partial charge < -0.3 is 89.9 Å². The van der Waals surface area contributed by atoms with Crippen LogP contribution in [0.25, 0.3) is 0 Å². The Morgan fingerprint density at radius 3 is 0.943 bits per heavy atom. The number of amides is 1. The highest BCUT2D eigenvalue weighted by Crippen LogP contribution is 2.33. The third-order valence-electron chi connectivity index (χ3n) is 21.8. The van der Waals surface area contributed by atoms with Gasteiger partial charge in [-0.05, 0) is 70.6 Å². The fourth-order valence-electron chi connectivity index (χ4n) is 14.8. The fraction of sp³-hybridized carbons (Fsp3) is 0.897. The van der Waals surface area contributed by atoms with E-state index in [4.69, 9.17) is 28.4 Å². The Labute approximate surface area is 643 Å². The van der Waals surface area contributed by atoms with Crippen LogP contribution in [-0.2, 0) is 33.2 Å². The highest BCUT2D eigenvalue weighted by atomic mass is 16.8. The van der Waals surface area contributed by atoms with Crippen LogP contribution in [0, 0.1) is 0 Å². The van der Waals surface area contributed by atoms with Gasteiger partial charge in [-0.2, -0.15) is 0 Å². The summed E-state index contributed by atoms with van der Waals surface area (Å²) in [5.41, 5.74) is 0. The summed E-state index contributed by atoms with van der Waals surface area (Å²) in [6, 6.07) is -0.998. The molecule has 106 heavy (non-hydrogen) atoms. The second-order valence-electron chi connectivity index (χ2n) is 31.3. The fourth-order valence-corrected chi connectivity index (χ4v) is 14.8. The average Bonchev–Trinajstić information content (AvgIpc) is 0.779. The summed E-state index contributed by atoms with van der Waals surface area (Å²) in [6.45, 7) is 1.77. The predicted octanol–water partition coefficient (Wildman–Crippen LogP) is 16.0. The molecule has 0 saturated carbocycles.